The third kappa shape index (κ3) is 38.7. The van der Waals surface area contributed by atoms with E-state index in [-0.39, 0.29) is 19.4 Å². The summed E-state index contributed by atoms with van der Waals surface area (Å²) in [6, 6.07) is 0. The van der Waals surface area contributed by atoms with Crippen molar-refractivity contribution in [3.63, 3.8) is 0 Å². The summed E-state index contributed by atoms with van der Waals surface area (Å²) < 4.78 is 26.2. The van der Waals surface area contributed by atoms with Crippen LogP contribution < -0.4 is 0 Å². The van der Waals surface area contributed by atoms with E-state index < -0.39 is 32.5 Å². The number of esters is 2. The molecule has 0 saturated heterocycles. The molecule has 0 spiro atoms. The molecule has 1 unspecified atom stereocenters. The Morgan fingerprint density at radius 1 is 0.551 bits per heavy atom. The van der Waals surface area contributed by atoms with E-state index in [0.29, 0.717) is 6.42 Å². The molecule has 8 nitrogen and oxygen atoms in total. The van der Waals surface area contributed by atoms with Crippen LogP contribution in [0.1, 0.15) is 174 Å². The molecule has 0 saturated carbocycles. The highest BCUT2D eigenvalue weighted by Gasteiger charge is 2.22. The average Bonchev–Trinajstić information content (AvgIpc) is 3.07. The maximum atomic E-state index is 12.3. The van der Waals surface area contributed by atoms with Crippen molar-refractivity contribution in [2.45, 2.75) is 180 Å². The van der Waals surface area contributed by atoms with Gasteiger partial charge in [0.25, 0.3) is 0 Å². The molecule has 1 atom stereocenters. The molecule has 0 radical (unpaired) electrons. The highest BCUT2D eigenvalue weighted by molar-refractivity contribution is 7.46. The standard InChI is InChI=1S/C40H71O8P/c1-3-5-7-9-11-13-15-17-18-19-20-21-23-24-26-28-30-32-34-39(41)46-36-38(37-47-49(43,44)45)48-40(42)35-33-31-29-27-25-22-16-14-12-10-8-6-4-2/h6,8,12,14,22,25,29,31,38H,3-5,7,9-11,13,15-21,23-24,26-28,30,32-37H2,1-2H3,(H2,43,44,45)/b8-6-,14-12-,25-22-,31-29-. The molecule has 0 aromatic carbocycles. The number of hydrogen-bond acceptors (Lipinski definition) is 6. The van der Waals surface area contributed by atoms with Crippen LogP contribution in [0.4, 0.5) is 0 Å². The Balaban J connectivity index is 3.98. The van der Waals surface area contributed by atoms with E-state index in [0.717, 1.165) is 44.9 Å². The Morgan fingerprint density at radius 3 is 1.43 bits per heavy atom. The number of carbonyl (C=O) groups excluding carboxylic acids is 2. The van der Waals surface area contributed by atoms with E-state index >= 15 is 0 Å². The van der Waals surface area contributed by atoms with Crippen LogP contribution in [-0.4, -0.2) is 41.0 Å². The number of phosphoric ester groups is 1. The minimum Gasteiger partial charge on any atom is -0.462 e. The monoisotopic (exact) mass is 710 g/mol. The summed E-state index contributed by atoms with van der Waals surface area (Å²) in [4.78, 5) is 42.7. The Kier molecular flexibility index (Phi) is 34.4. The van der Waals surface area contributed by atoms with E-state index in [1.54, 1.807) is 0 Å². The molecule has 284 valence electrons. The second kappa shape index (κ2) is 35.8. The lowest BCUT2D eigenvalue weighted by Crippen LogP contribution is -2.29. The van der Waals surface area contributed by atoms with Gasteiger partial charge in [-0.15, -0.1) is 0 Å². The molecule has 49 heavy (non-hydrogen) atoms. The third-order valence-corrected chi connectivity index (χ3v) is 8.61. The molecule has 0 aromatic heterocycles. The summed E-state index contributed by atoms with van der Waals surface area (Å²) in [5, 5.41) is 0. The van der Waals surface area contributed by atoms with Crippen molar-refractivity contribution in [2.75, 3.05) is 13.2 Å². The molecule has 0 fully saturated rings. The number of rotatable bonds is 35. The molecule has 0 aromatic rings. The van der Waals surface area contributed by atoms with Gasteiger partial charge in [0.05, 0.1) is 6.61 Å². The summed E-state index contributed by atoms with van der Waals surface area (Å²) in [7, 11) is -4.77. The van der Waals surface area contributed by atoms with Crippen LogP contribution in [0.2, 0.25) is 0 Å². The van der Waals surface area contributed by atoms with Gasteiger partial charge in [-0.25, -0.2) is 4.57 Å². The minimum atomic E-state index is -4.77. The predicted molar refractivity (Wildman–Crippen MR) is 202 cm³/mol. The minimum absolute atomic E-state index is 0.0912. The van der Waals surface area contributed by atoms with Crippen LogP contribution >= 0.6 is 7.82 Å². The van der Waals surface area contributed by atoms with Gasteiger partial charge < -0.3 is 19.3 Å². The van der Waals surface area contributed by atoms with Crippen LogP contribution in [0.25, 0.3) is 0 Å². The number of carbonyl (C=O) groups is 2. The molecule has 0 aliphatic carbocycles. The molecule has 0 aliphatic rings. The smallest absolute Gasteiger partial charge is 0.462 e. The first-order chi connectivity index (χ1) is 23.8. The molecule has 0 rings (SSSR count). The largest absolute Gasteiger partial charge is 0.469 e. The van der Waals surface area contributed by atoms with Gasteiger partial charge in [0.1, 0.15) is 6.61 Å². The first-order valence-electron chi connectivity index (χ1n) is 19.4. The number of hydrogen-bond donors (Lipinski definition) is 2. The van der Waals surface area contributed by atoms with Gasteiger partial charge in [-0.3, -0.25) is 14.1 Å². The van der Waals surface area contributed by atoms with Gasteiger partial charge in [0.2, 0.25) is 0 Å². The van der Waals surface area contributed by atoms with E-state index in [2.05, 4.69) is 54.8 Å². The SMILES string of the molecule is CC/C=C\C/C=C\C/C=C\C/C=C\CCC(=O)OC(COC(=O)CCCCCCCCCCCCCCCCCCCC)COP(=O)(O)O. The zero-order valence-electron chi connectivity index (χ0n) is 31.1. The quantitative estimate of drug-likeness (QED) is 0.0289. The topological polar surface area (TPSA) is 119 Å². The normalized spacial score (nSPS) is 13.0. The second-order valence-electron chi connectivity index (χ2n) is 12.9. The summed E-state index contributed by atoms with van der Waals surface area (Å²) in [5.74, 6) is -0.977. The van der Waals surface area contributed by atoms with Crippen molar-refractivity contribution in [2.24, 2.45) is 0 Å². The third-order valence-electron chi connectivity index (χ3n) is 8.13. The van der Waals surface area contributed by atoms with Gasteiger partial charge in [0, 0.05) is 12.8 Å². The van der Waals surface area contributed by atoms with Crippen LogP contribution in [0.5, 0.6) is 0 Å². The van der Waals surface area contributed by atoms with Gasteiger partial charge in [-0.05, 0) is 38.5 Å². The fourth-order valence-electron chi connectivity index (χ4n) is 5.27. The van der Waals surface area contributed by atoms with Gasteiger partial charge in [-0.1, -0.05) is 172 Å². The Morgan fingerprint density at radius 2 is 0.980 bits per heavy atom. The van der Waals surface area contributed by atoms with E-state index in [9.17, 15) is 14.2 Å². The first-order valence-corrected chi connectivity index (χ1v) is 21.0. The van der Waals surface area contributed by atoms with Crippen LogP contribution in [0.15, 0.2) is 48.6 Å². The summed E-state index contributed by atoms with van der Waals surface area (Å²) in [6.45, 7) is 3.51. The zero-order chi connectivity index (χ0) is 36.1. The Bertz CT molecular complexity index is 937. The van der Waals surface area contributed by atoms with Crippen molar-refractivity contribution in [3.8, 4) is 0 Å². The predicted octanol–water partition coefficient (Wildman–Crippen LogP) is 11.6. The Hall–Kier alpha value is -1.99. The maximum absolute atomic E-state index is 12.3. The molecule has 0 aliphatic heterocycles. The van der Waals surface area contributed by atoms with Crippen LogP contribution in [0.3, 0.4) is 0 Å². The fourth-order valence-corrected chi connectivity index (χ4v) is 5.63. The van der Waals surface area contributed by atoms with E-state index in [4.69, 9.17) is 19.3 Å². The lowest BCUT2D eigenvalue weighted by Gasteiger charge is -2.18. The molecule has 0 heterocycles. The average molecular weight is 711 g/mol. The van der Waals surface area contributed by atoms with Crippen molar-refractivity contribution in [1.82, 2.24) is 0 Å². The number of ether oxygens (including phenoxy) is 2. The van der Waals surface area contributed by atoms with E-state index in [1.165, 1.54) is 96.3 Å². The lowest BCUT2D eigenvalue weighted by atomic mass is 10.0. The van der Waals surface area contributed by atoms with Gasteiger partial charge >= 0.3 is 19.8 Å². The van der Waals surface area contributed by atoms with Crippen molar-refractivity contribution in [3.05, 3.63) is 48.6 Å². The molecular formula is C40H71O8P. The number of phosphoric acid groups is 1. The maximum Gasteiger partial charge on any atom is 0.469 e. The van der Waals surface area contributed by atoms with Crippen LogP contribution in [-0.2, 0) is 28.2 Å². The van der Waals surface area contributed by atoms with Crippen molar-refractivity contribution in [1.29, 1.82) is 0 Å². The summed E-state index contributed by atoms with van der Waals surface area (Å²) >= 11 is 0. The molecule has 0 amide bonds. The van der Waals surface area contributed by atoms with Gasteiger partial charge in [-0.2, -0.15) is 0 Å². The molecule has 9 heteroatoms. The fraction of sp³-hybridized carbons (Fsp3) is 0.750. The van der Waals surface area contributed by atoms with E-state index in [1.807, 2.05) is 12.2 Å². The highest BCUT2D eigenvalue weighted by atomic mass is 31.2. The second-order valence-corrected chi connectivity index (χ2v) is 14.1. The van der Waals surface area contributed by atoms with Gasteiger partial charge in [0.15, 0.2) is 6.10 Å². The number of allylic oxidation sites excluding steroid dienone is 8. The molecule has 0 bridgehead atoms. The lowest BCUT2D eigenvalue weighted by molar-refractivity contribution is -0.161. The van der Waals surface area contributed by atoms with Crippen molar-refractivity contribution < 1.29 is 37.9 Å². The molecule has 2 N–H and O–H groups in total. The summed E-state index contributed by atoms with van der Waals surface area (Å²) in [5.41, 5.74) is 0. The Labute approximate surface area is 299 Å². The zero-order valence-corrected chi connectivity index (χ0v) is 32.0. The first kappa shape index (κ1) is 47.0. The molecular weight excluding hydrogens is 639 g/mol. The number of unbranched alkanes of at least 4 members (excludes halogenated alkanes) is 17. The highest BCUT2D eigenvalue weighted by Crippen LogP contribution is 2.36. The van der Waals surface area contributed by atoms with Crippen LogP contribution in [0, 0.1) is 0 Å². The van der Waals surface area contributed by atoms with Crippen molar-refractivity contribution >= 4 is 19.8 Å². The summed E-state index contributed by atoms with van der Waals surface area (Å²) in [6.07, 6.45) is 42.8.